The van der Waals surface area contributed by atoms with Gasteiger partial charge in [0.15, 0.2) is 0 Å². The van der Waals surface area contributed by atoms with Gasteiger partial charge in [0.1, 0.15) is 5.82 Å². The van der Waals surface area contributed by atoms with Crippen molar-refractivity contribution in [3.8, 4) is 0 Å². The smallest absolute Gasteiger partial charge is 0.123 e. The number of halogens is 1. The third kappa shape index (κ3) is 4.07. The molecule has 1 atom stereocenters. The maximum absolute atomic E-state index is 13.0. The zero-order valence-electron chi connectivity index (χ0n) is 11.9. The minimum Gasteiger partial charge on any atom is -0.330 e. The van der Waals surface area contributed by atoms with Crippen molar-refractivity contribution < 1.29 is 4.39 Å². The molecule has 1 aromatic carbocycles. The highest BCUT2D eigenvalue weighted by molar-refractivity contribution is 5.20. The SMILES string of the molecule is CCC(c1ccc(F)cc1)N(C)CC(C)(C)CN. The second-order valence-electron chi connectivity index (χ2n) is 5.76. The van der Waals surface area contributed by atoms with Crippen LogP contribution in [0.5, 0.6) is 0 Å². The Balaban J connectivity index is 2.80. The average molecular weight is 252 g/mol. The molecule has 0 heterocycles. The van der Waals surface area contributed by atoms with Gasteiger partial charge in [0.25, 0.3) is 0 Å². The number of hydrogen-bond donors (Lipinski definition) is 1. The Morgan fingerprint density at radius 1 is 1.28 bits per heavy atom. The van der Waals surface area contributed by atoms with Crippen LogP contribution in [0, 0.1) is 11.2 Å². The number of benzene rings is 1. The summed E-state index contributed by atoms with van der Waals surface area (Å²) in [5.41, 5.74) is 7.04. The molecule has 1 aromatic rings. The summed E-state index contributed by atoms with van der Waals surface area (Å²) in [7, 11) is 2.11. The van der Waals surface area contributed by atoms with Crippen molar-refractivity contribution in [3.63, 3.8) is 0 Å². The molecule has 0 radical (unpaired) electrons. The van der Waals surface area contributed by atoms with Gasteiger partial charge in [-0.2, -0.15) is 0 Å². The minimum atomic E-state index is -0.182. The van der Waals surface area contributed by atoms with Crippen molar-refractivity contribution >= 4 is 0 Å². The molecule has 0 spiro atoms. The fourth-order valence-electron chi connectivity index (χ4n) is 2.34. The largest absolute Gasteiger partial charge is 0.330 e. The van der Waals surface area contributed by atoms with Crippen LogP contribution in [-0.4, -0.2) is 25.0 Å². The zero-order chi connectivity index (χ0) is 13.8. The Kier molecular flexibility index (Phi) is 5.29. The van der Waals surface area contributed by atoms with Crippen molar-refractivity contribution in [2.45, 2.75) is 33.2 Å². The van der Waals surface area contributed by atoms with Crippen LogP contribution < -0.4 is 5.73 Å². The van der Waals surface area contributed by atoms with Gasteiger partial charge in [0.2, 0.25) is 0 Å². The van der Waals surface area contributed by atoms with Crippen LogP contribution in [0.2, 0.25) is 0 Å². The van der Waals surface area contributed by atoms with Gasteiger partial charge in [-0.05, 0) is 43.1 Å². The number of hydrogen-bond acceptors (Lipinski definition) is 2. The monoisotopic (exact) mass is 252 g/mol. The Bertz CT molecular complexity index is 359. The van der Waals surface area contributed by atoms with Gasteiger partial charge >= 0.3 is 0 Å². The summed E-state index contributed by atoms with van der Waals surface area (Å²) in [6.07, 6.45) is 1.00. The third-order valence-electron chi connectivity index (χ3n) is 3.40. The summed E-state index contributed by atoms with van der Waals surface area (Å²) in [5, 5.41) is 0. The quantitative estimate of drug-likeness (QED) is 0.842. The molecule has 0 aliphatic heterocycles. The molecule has 0 saturated heterocycles. The zero-order valence-corrected chi connectivity index (χ0v) is 11.9. The van der Waals surface area contributed by atoms with Crippen molar-refractivity contribution in [2.75, 3.05) is 20.1 Å². The van der Waals surface area contributed by atoms with Gasteiger partial charge in [-0.1, -0.05) is 32.9 Å². The minimum absolute atomic E-state index is 0.0994. The summed E-state index contributed by atoms with van der Waals surface area (Å²) >= 11 is 0. The lowest BCUT2D eigenvalue weighted by Crippen LogP contribution is -2.38. The second-order valence-corrected chi connectivity index (χ2v) is 5.76. The number of rotatable bonds is 6. The van der Waals surface area contributed by atoms with Crippen molar-refractivity contribution in [1.82, 2.24) is 4.90 Å². The maximum Gasteiger partial charge on any atom is 0.123 e. The van der Waals surface area contributed by atoms with Crippen LogP contribution in [0.3, 0.4) is 0 Å². The van der Waals surface area contributed by atoms with Crippen LogP contribution >= 0.6 is 0 Å². The molecular formula is C15H25FN2. The highest BCUT2D eigenvalue weighted by Gasteiger charge is 2.23. The molecule has 0 aliphatic carbocycles. The van der Waals surface area contributed by atoms with Crippen LogP contribution in [0.4, 0.5) is 4.39 Å². The molecule has 0 fully saturated rings. The van der Waals surface area contributed by atoms with Gasteiger partial charge in [0.05, 0.1) is 0 Å². The van der Waals surface area contributed by atoms with E-state index < -0.39 is 0 Å². The van der Waals surface area contributed by atoms with E-state index in [1.54, 1.807) is 0 Å². The van der Waals surface area contributed by atoms with E-state index in [9.17, 15) is 4.39 Å². The molecule has 2 N–H and O–H groups in total. The molecule has 102 valence electrons. The van der Waals surface area contributed by atoms with E-state index in [-0.39, 0.29) is 11.2 Å². The molecule has 1 unspecified atom stereocenters. The molecule has 0 aliphatic rings. The summed E-state index contributed by atoms with van der Waals surface area (Å²) in [6, 6.07) is 7.11. The predicted octanol–water partition coefficient (Wildman–Crippen LogP) is 3.19. The van der Waals surface area contributed by atoms with Crippen LogP contribution in [0.15, 0.2) is 24.3 Å². The molecular weight excluding hydrogens is 227 g/mol. The lowest BCUT2D eigenvalue weighted by molar-refractivity contribution is 0.161. The predicted molar refractivity (Wildman–Crippen MR) is 74.9 cm³/mol. The lowest BCUT2D eigenvalue weighted by atomic mass is 9.91. The summed E-state index contributed by atoms with van der Waals surface area (Å²) < 4.78 is 13.0. The first-order chi connectivity index (χ1) is 8.39. The van der Waals surface area contributed by atoms with E-state index >= 15 is 0 Å². The molecule has 0 amide bonds. The Labute approximate surface area is 110 Å². The highest BCUT2D eigenvalue weighted by atomic mass is 19.1. The van der Waals surface area contributed by atoms with Gasteiger partial charge in [-0.15, -0.1) is 0 Å². The second kappa shape index (κ2) is 6.30. The van der Waals surface area contributed by atoms with Gasteiger partial charge in [-0.3, -0.25) is 4.90 Å². The van der Waals surface area contributed by atoms with Crippen molar-refractivity contribution in [1.29, 1.82) is 0 Å². The summed E-state index contributed by atoms with van der Waals surface area (Å²) in [5.74, 6) is -0.182. The molecule has 1 rings (SSSR count). The average Bonchev–Trinajstić information content (AvgIpc) is 2.32. The molecule has 0 aromatic heterocycles. The van der Waals surface area contributed by atoms with Crippen LogP contribution in [0.25, 0.3) is 0 Å². The Morgan fingerprint density at radius 2 is 1.83 bits per heavy atom. The standard InChI is InChI=1S/C15H25FN2/c1-5-14(12-6-8-13(16)9-7-12)18(4)11-15(2,3)10-17/h6-9,14H,5,10-11,17H2,1-4H3. The molecule has 0 bridgehead atoms. The number of nitrogens with zero attached hydrogens (tertiary/aromatic N) is 1. The van der Waals surface area contributed by atoms with Crippen LogP contribution in [-0.2, 0) is 0 Å². The van der Waals surface area contributed by atoms with E-state index in [0.717, 1.165) is 18.5 Å². The molecule has 3 heteroatoms. The summed E-state index contributed by atoms with van der Waals surface area (Å²) in [6.45, 7) is 8.08. The van der Waals surface area contributed by atoms with E-state index in [1.807, 2.05) is 12.1 Å². The molecule has 18 heavy (non-hydrogen) atoms. The molecule has 2 nitrogen and oxygen atoms in total. The van der Waals surface area contributed by atoms with Crippen molar-refractivity contribution in [3.05, 3.63) is 35.6 Å². The van der Waals surface area contributed by atoms with Gasteiger partial charge in [0, 0.05) is 12.6 Å². The number of nitrogens with two attached hydrogens (primary N) is 1. The Hall–Kier alpha value is -0.930. The van der Waals surface area contributed by atoms with Gasteiger partial charge < -0.3 is 5.73 Å². The van der Waals surface area contributed by atoms with E-state index in [2.05, 4.69) is 32.7 Å². The first-order valence-corrected chi connectivity index (χ1v) is 6.55. The summed E-state index contributed by atoms with van der Waals surface area (Å²) in [4.78, 5) is 2.31. The fourth-order valence-corrected chi connectivity index (χ4v) is 2.34. The Morgan fingerprint density at radius 3 is 2.28 bits per heavy atom. The topological polar surface area (TPSA) is 29.3 Å². The highest BCUT2D eigenvalue weighted by Crippen LogP contribution is 2.26. The maximum atomic E-state index is 13.0. The fraction of sp³-hybridized carbons (Fsp3) is 0.600. The van der Waals surface area contributed by atoms with Crippen LogP contribution in [0.1, 0.15) is 38.8 Å². The molecule has 0 saturated carbocycles. The normalized spacial score (nSPS) is 13.9. The van der Waals surface area contributed by atoms with E-state index in [4.69, 9.17) is 5.73 Å². The van der Waals surface area contributed by atoms with E-state index in [0.29, 0.717) is 12.6 Å². The first kappa shape index (κ1) is 15.1. The van der Waals surface area contributed by atoms with Gasteiger partial charge in [-0.25, -0.2) is 4.39 Å². The first-order valence-electron chi connectivity index (χ1n) is 6.55. The third-order valence-corrected chi connectivity index (χ3v) is 3.40. The lowest BCUT2D eigenvalue weighted by Gasteiger charge is -2.34. The van der Waals surface area contributed by atoms with E-state index in [1.165, 1.54) is 12.1 Å². The van der Waals surface area contributed by atoms with Crippen molar-refractivity contribution in [2.24, 2.45) is 11.1 Å².